The largest absolute Gasteiger partial charge is 0.315 e. The van der Waals surface area contributed by atoms with E-state index in [1.54, 1.807) is 0 Å². The molecule has 86 valence electrons. The Balaban J connectivity index is 4.36. The Bertz CT molecular complexity index is 115. The maximum Gasteiger partial charge on any atom is 0.191 e. The van der Waals surface area contributed by atoms with Crippen LogP contribution in [0.3, 0.4) is 0 Å². The maximum absolute atomic E-state index is 5.89. The molecule has 0 aromatic heterocycles. The minimum atomic E-state index is -0.929. The van der Waals surface area contributed by atoms with Crippen molar-refractivity contribution in [2.45, 2.75) is 33.7 Å². The highest BCUT2D eigenvalue weighted by Crippen LogP contribution is 2.07. The minimum absolute atomic E-state index is 0.809. The lowest BCUT2D eigenvalue weighted by Crippen LogP contribution is -2.52. The Morgan fingerprint density at radius 2 is 1.21 bits per heavy atom. The van der Waals surface area contributed by atoms with Gasteiger partial charge < -0.3 is 9.13 Å². The van der Waals surface area contributed by atoms with E-state index in [4.69, 9.17) is 11.6 Å². The molecule has 4 heteroatoms. The van der Waals surface area contributed by atoms with Gasteiger partial charge in [-0.2, -0.15) is 0 Å². The van der Waals surface area contributed by atoms with Crippen LogP contribution in [0, 0.1) is 0 Å². The summed E-state index contributed by atoms with van der Waals surface area (Å²) in [6.45, 7) is 13.7. The number of nitrogens with zero attached hydrogens (tertiary/aromatic N) is 2. The Kier molecular flexibility index (Phi) is 8.98. The molecule has 0 saturated heterocycles. The van der Waals surface area contributed by atoms with Crippen LogP contribution in [-0.2, 0) is 0 Å². The van der Waals surface area contributed by atoms with Gasteiger partial charge in [-0.25, -0.2) is 0 Å². The summed E-state index contributed by atoms with van der Waals surface area (Å²) in [5, 5.41) is 0. The first-order valence-electron chi connectivity index (χ1n) is 5.79. The molecule has 0 bridgehead atoms. The number of hydrogen-bond acceptors (Lipinski definition) is 2. The van der Waals surface area contributed by atoms with Gasteiger partial charge in [0.25, 0.3) is 0 Å². The monoisotopic (exact) mass is 236 g/mol. The first-order chi connectivity index (χ1) is 6.74. The molecule has 2 nitrogen and oxygen atoms in total. The molecule has 0 atom stereocenters. The van der Waals surface area contributed by atoms with Crippen LogP contribution in [0.4, 0.5) is 0 Å². The van der Waals surface area contributed by atoms with Crippen LogP contribution in [0.15, 0.2) is 0 Å². The van der Waals surface area contributed by atoms with Crippen LogP contribution >= 0.6 is 11.6 Å². The third kappa shape index (κ3) is 4.30. The fourth-order valence-electron chi connectivity index (χ4n) is 1.98. The van der Waals surface area contributed by atoms with Crippen LogP contribution in [0.25, 0.3) is 0 Å². The average Bonchev–Trinajstić information content (AvgIpc) is 2.21. The van der Waals surface area contributed by atoms with Gasteiger partial charge in [-0.3, -0.25) is 0 Å². The van der Waals surface area contributed by atoms with E-state index in [2.05, 4.69) is 36.8 Å². The van der Waals surface area contributed by atoms with E-state index in [0.29, 0.717) is 0 Å². The predicted molar refractivity (Wildman–Crippen MR) is 68.5 cm³/mol. The Morgan fingerprint density at radius 3 is 1.43 bits per heavy atom. The van der Waals surface area contributed by atoms with Crippen molar-refractivity contribution < 1.29 is 0 Å². The normalized spacial score (nSPS) is 12.0. The van der Waals surface area contributed by atoms with Crippen LogP contribution < -0.4 is 0 Å². The first-order valence-corrected chi connectivity index (χ1v) is 8.17. The summed E-state index contributed by atoms with van der Waals surface area (Å²) in [6.07, 6.45) is 0. The SMILES string of the molecule is CCN(CC)[SiH](CCCl)N(CC)CC. The van der Waals surface area contributed by atoms with Gasteiger partial charge in [0, 0.05) is 5.88 Å². The Hall–Kier alpha value is 0.427. The third-order valence-corrected chi connectivity index (χ3v) is 7.37. The molecule has 0 aromatic rings. The van der Waals surface area contributed by atoms with Crippen molar-refractivity contribution in [3.63, 3.8) is 0 Å². The number of rotatable bonds is 8. The van der Waals surface area contributed by atoms with Gasteiger partial charge in [-0.15, -0.1) is 11.6 Å². The van der Waals surface area contributed by atoms with Crippen molar-refractivity contribution in [1.29, 1.82) is 0 Å². The molecule has 0 unspecified atom stereocenters. The lowest BCUT2D eigenvalue weighted by atomic mass is 10.7. The number of halogens is 1. The van der Waals surface area contributed by atoms with Crippen LogP contribution in [0.2, 0.25) is 6.04 Å². The summed E-state index contributed by atoms with van der Waals surface area (Å²) in [6, 6.07) is 1.20. The second kappa shape index (κ2) is 8.71. The Morgan fingerprint density at radius 1 is 0.857 bits per heavy atom. The van der Waals surface area contributed by atoms with Gasteiger partial charge in [0.05, 0.1) is 0 Å². The molecule has 0 N–H and O–H groups in total. The molecule has 0 saturated carbocycles. The van der Waals surface area contributed by atoms with Gasteiger partial charge in [0.1, 0.15) is 0 Å². The van der Waals surface area contributed by atoms with Crippen molar-refractivity contribution in [2.75, 3.05) is 32.1 Å². The van der Waals surface area contributed by atoms with Gasteiger partial charge in [-0.05, 0) is 32.2 Å². The molecular formula is C10H25ClN2Si. The Labute approximate surface area is 96.0 Å². The van der Waals surface area contributed by atoms with E-state index in [9.17, 15) is 0 Å². The summed E-state index contributed by atoms with van der Waals surface area (Å²) in [4.78, 5) is 0. The zero-order valence-corrected chi connectivity index (χ0v) is 12.0. The molecular weight excluding hydrogens is 212 g/mol. The third-order valence-electron chi connectivity index (χ3n) is 2.84. The standard InChI is InChI=1S/C10H25ClN2Si/c1-5-12(6-2)14(10-9-11)13(7-3)8-4/h14H,5-10H2,1-4H3. The highest BCUT2D eigenvalue weighted by molar-refractivity contribution is 6.53. The summed E-state index contributed by atoms with van der Waals surface area (Å²) in [5.74, 6) is 0.809. The van der Waals surface area contributed by atoms with E-state index < -0.39 is 9.12 Å². The van der Waals surface area contributed by atoms with Crippen molar-refractivity contribution in [2.24, 2.45) is 0 Å². The van der Waals surface area contributed by atoms with Gasteiger partial charge in [-0.1, -0.05) is 27.7 Å². The molecule has 0 spiro atoms. The topological polar surface area (TPSA) is 6.48 Å². The van der Waals surface area contributed by atoms with Crippen molar-refractivity contribution in [3.05, 3.63) is 0 Å². The molecule has 0 radical (unpaired) electrons. The van der Waals surface area contributed by atoms with E-state index in [0.717, 1.165) is 5.88 Å². The maximum atomic E-state index is 5.89. The zero-order valence-electron chi connectivity index (χ0n) is 10.1. The second-order valence-electron chi connectivity index (χ2n) is 3.40. The summed E-state index contributed by atoms with van der Waals surface area (Å²) < 4.78 is 5.24. The molecule has 0 rings (SSSR count). The van der Waals surface area contributed by atoms with Crippen LogP contribution in [-0.4, -0.2) is 50.3 Å². The van der Waals surface area contributed by atoms with E-state index >= 15 is 0 Å². The fourth-order valence-corrected chi connectivity index (χ4v) is 5.64. The van der Waals surface area contributed by atoms with Gasteiger partial charge in [0.2, 0.25) is 0 Å². The minimum Gasteiger partial charge on any atom is -0.315 e. The van der Waals surface area contributed by atoms with Crippen LogP contribution in [0.1, 0.15) is 27.7 Å². The number of hydrogen-bond donors (Lipinski definition) is 0. The highest BCUT2D eigenvalue weighted by Gasteiger charge is 2.22. The zero-order chi connectivity index (χ0) is 11.0. The molecule has 0 fully saturated rings. The van der Waals surface area contributed by atoms with E-state index in [1.807, 2.05) is 0 Å². The van der Waals surface area contributed by atoms with Gasteiger partial charge in [0.15, 0.2) is 9.12 Å². The predicted octanol–water partition coefficient (Wildman–Crippen LogP) is 2.13. The molecule has 14 heavy (non-hydrogen) atoms. The molecule has 0 aliphatic heterocycles. The lowest BCUT2D eigenvalue weighted by molar-refractivity contribution is 0.378. The smallest absolute Gasteiger partial charge is 0.191 e. The summed E-state index contributed by atoms with van der Waals surface area (Å²) in [5.41, 5.74) is 0. The van der Waals surface area contributed by atoms with Crippen molar-refractivity contribution >= 4 is 20.7 Å². The highest BCUT2D eigenvalue weighted by atomic mass is 35.5. The summed E-state index contributed by atoms with van der Waals surface area (Å²) >= 11 is 5.89. The quantitative estimate of drug-likeness (QED) is 0.471. The van der Waals surface area contributed by atoms with E-state index in [-0.39, 0.29) is 0 Å². The first kappa shape index (κ1) is 14.4. The number of alkyl halides is 1. The summed E-state index contributed by atoms with van der Waals surface area (Å²) in [7, 11) is -0.929. The van der Waals surface area contributed by atoms with Crippen molar-refractivity contribution in [1.82, 2.24) is 9.13 Å². The molecule has 0 aliphatic rings. The second-order valence-corrected chi connectivity index (χ2v) is 6.78. The van der Waals surface area contributed by atoms with Crippen LogP contribution in [0.5, 0.6) is 0 Å². The van der Waals surface area contributed by atoms with Crippen molar-refractivity contribution in [3.8, 4) is 0 Å². The van der Waals surface area contributed by atoms with E-state index in [1.165, 1.54) is 32.2 Å². The van der Waals surface area contributed by atoms with Gasteiger partial charge >= 0.3 is 0 Å². The molecule has 0 amide bonds. The average molecular weight is 237 g/mol. The lowest BCUT2D eigenvalue weighted by Gasteiger charge is -2.36. The fraction of sp³-hybridized carbons (Fsp3) is 1.00. The molecule has 0 aromatic carbocycles. The molecule has 0 heterocycles. The molecule has 0 aliphatic carbocycles.